The summed E-state index contributed by atoms with van der Waals surface area (Å²) in [5, 5.41) is 2.94. The van der Waals surface area contributed by atoms with Crippen molar-refractivity contribution in [3.8, 4) is 0 Å². The fourth-order valence-electron chi connectivity index (χ4n) is 1.58. The number of amides is 1. The van der Waals surface area contributed by atoms with E-state index >= 15 is 0 Å². The molecule has 0 spiro atoms. The highest BCUT2D eigenvalue weighted by molar-refractivity contribution is 5.81. The van der Waals surface area contributed by atoms with Gasteiger partial charge in [-0.2, -0.15) is 0 Å². The molecule has 1 heterocycles. The first-order valence-corrected chi connectivity index (χ1v) is 5.93. The number of nitrogens with two attached hydrogens (primary N) is 1. The quantitative estimate of drug-likeness (QED) is 0.776. The van der Waals surface area contributed by atoms with E-state index in [1.54, 1.807) is 12.4 Å². The molecule has 1 aromatic rings. The highest BCUT2D eigenvalue weighted by Crippen LogP contribution is 2.19. The van der Waals surface area contributed by atoms with Gasteiger partial charge in [0.1, 0.15) is 0 Å². The van der Waals surface area contributed by atoms with Gasteiger partial charge in [-0.3, -0.25) is 9.78 Å². The molecule has 94 valence electrons. The van der Waals surface area contributed by atoms with Crippen LogP contribution < -0.4 is 11.1 Å². The number of carbonyl (C=O) groups is 1. The summed E-state index contributed by atoms with van der Waals surface area (Å²) < 4.78 is 0. The van der Waals surface area contributed by atoms with Crippen molar-refractivity contribution in [3.63, 3.8) is 0 Å². The molecule has 0 bridgehead atoms. The lowest BCUT2D eigenvalue weighted by Crippen LogP contribution is -2.39. The Morgan fingerprint density at radius 3 is 2.65 bits per heavy atom. The maximum absolute atomic E-state index is 11.9. The molecule has 0 aliphatic carbocycles. The second-order valence-electron chi connectivity index (χ2n) is 4.78. The molecule has 0 fully saturated rings. The van der Waals surface area contributed by atoms with Gasteiger partial charge in [0.2, 0.25) is 5.91 Å². The minimum atomic E-state index is -0.382. The van der Waals surface area contributed by atoms with E-state index in [0.717, 1.165) is 6.42 Å². The Balaban J connectivity index is 2.34. The monoisotopic (exact) mass is 235 g/mol. The molecule has 1 rings (SSSR count). The Labute approximate surface area is 103 Å². The Kier molecular flexibility index (Phi) is 5.10. The van der Waals surface area contributed by atoms with Crippen molar-refractivity contribution in [1.82, 2.24) is 10.3 Å². The number of hydrogen-bond donors (Lipinski definition) is 2. The van der Waals surface area contributed by atoms with Crippen LogP contribution in [-0.2, 0) is 11.2 Å². The van der Waals surface area contributed by atoms with E-state index in [4.69, 9.17) is 5.73 Å². The zero-order chi connectivity index (χ0) is 12.7. The minimum Gasteiger partial charge on any atom is -0.355 e. The van der Waals surface area contributed by atoms with Crippen molar-refractivity contribution in [2.24, 2.45) is 11.1 Å². The van der Waals surface area contributed by atoms with Crippen LogP contribution in [0.15, 0.2) is 24.5 Å². The van der Waals surface area contributed by atoms with E-state index in [2.05, 4.69) is 10.3 Å². The zero-order valence-corrected chi connectivity index (χ0v) is 10.6. The lowest BCUT2D eigenvalue weighted by atomic mass is 9.88. The Morgan fingerprint density at radius 1 is 1.41 bits per heavy atom. The Hall–Kier alpha value is -1.42. The van der Waals surface area contributed by atoms with Crippen LogP contribution in [0.4, 0.5) is 0 Å². The molecule has 0 saturated heterocycles. The fourth-order valence-corrected chi connectivity index (χ4v) is 1.58. The van der Waals surface area contributed by atoms with Gasteiger partial charge in [-0.05, 0) is 37.1 Å². The van der Waals surface area contributed by atoms with Crippen LogP contribution in [0.1, 0.15) is 25.8 Å². The second-order valence-corrected chi connectivity index (χ2v) is 4.78. The van der Waals surface area contributed by atoms with Crippen LogP contribution >= 0.6 is 0 Å². The number of hydrogen-bond acceptors (Lipinski definition) is 3. The Morgan fingerprint density at radius 2 is 2.06 bits per heavy atom. The maximum Gasteiger partial charge on any atom is 0.225 e. The SMILES string of the molecule is CC(C)(CCN)C(=O)NCCc1ccncc1. The van der Waals surface area contributed by atoms with Crippen molar-refractivity contribution in [2.45, 2.75) is 26.7 Å². The van der Waals surface area contributed by atoms with Gasteiger partial charge in [0, 0.05) is 24.4 Å². The molecule has 0 aliphatic heterocycles. The van der Waals surface area contributed by atoms with Crippen LogP contribution in [0.3, 0.4) is 0 Å². The normalized spacial score (nSPS) is 11.2. The molecule has 3 N–H and O–H groups in total. The predicted octanol–water partition coefficient (Wildman–Crippen LogP) is 1.12. The number of pyridine rings is 1. The highest BCUT2D eigenvalue weighted by Gasteiger charge is 2.25. The first-order chi connectivity index (χ1) is 8.06. The smallest absolute Gasteiger partial charge is 0.225 e. The van der Waals surface area contributed by atoms with Crippen LogP contribution in [-0.4, -0.2) is 24.0 Å². The number of nitrogens with zero attached hydrogens (tertiary/aromatic N) is 1. The summed E-state index contributed by atoms with van der Waals surface area (Å²) in [5.41, 5.74) is 6.28. The first-order valence-electron chi connectivity index (χ1n) is 5.93. The Bertz CT molecular complexity index is 349. The van der Waals surface area contributed by atoms with Crippen molar-refractivity contribution in [1.29, 1.82) is 0 Å². The summed E-state index contributed by atoms with van der Waals surface area (Å²) in [6.07, 6.45) is 5.05. The number of carbonyl (C=O) groups excluding carboxylic acids is 1. The largest absolute Gasteiger partial charge is 0.355 e. The van der Waals surface area contributed by atoms with Crippen LogP contribution in [0.2, 0.25) is 0 Å². The van der Waals surface area contributed by atoms with Crippen LogP contribution in [0.5, 0.6) is 0 Å². The van der Waals surface area contributed by atoms with Crippen molar-refractivity contribution >= 4 is 5.91 Å². The maximum atomic E-state index is 11.9. The lowest BCUT2D eigenvalue weighted by molar-refractivity contribution is -0.129. The van der Waals surface area contributed by atoms with E-state index in [9.17, 15) is 4.79 Å². The van der Waals surface area contributed by atoms with Gasteiger partial charge in [0.25, 0.3) is 0 Å². The molecule has 1 aromatic heterocycles. The lowest BCUT2D eigenvalue weighted by Gasteiger charge is -2.22. The second kappa shape index (κ2) is 6.35. The van der Waals surface area contributed by atoms with Crippen LogP contribution in [0, 0.1) is 5.41 Å². The third-order valence-electron chi connectivity index (χ3n) is 2.83. The van der Waals surface area contributed by atoms with Crippen molar-refractivity contribution in [2.75, 3.05) is 13.1 Å². The van der Waals surface area contributed by atoms with Gasteiger partial charge in [0.05, 0.1) is 0 Å². The topological polar surface area (TPSA) is 68.0 Å². The van der Waals surface area contributed by atoms with Gasteiger partial charge in [0.15, 0.2) is 0 Å². The van der Waals surface area contributed by atoms with Gasteiger partial charge in [-0.15, -0.1) is 0 Å². The number of nitrogens with one attached hydrogen (secondary N) is 1. The van der Waals surface area contributed by atoms with Gasteiger partial charge >= 0.3 is 0 Å². The molecule has 0 aliphatic rings. The molecule has 0 saturated carbocycles. The average Bonchev–Trinajstić information content (AvgIpc) is 2.30. The van der Waals surface area contributed by atoms with E-state index in [1.165, 1.54) is 5.56 Å². The fraction of sp³-hybridized carbons (Fsp3) is 0.538. The summed E-state index contributed by atoms with van der Waals surface area (Å²) in [5.74, 6) is 0.0667. The molecule has 0 radical (unpaired) electrons. The summed E-state index contributed by atoms with van der Waals surface area (Å²) >= 11 is 0. The number of rotatable bonds is 6. The van der Waals surface area contributed by atoms with E-state index in [0.29, 0.717) is 19.5 Å². The zero-order valence-electron chi connectivity index (χ0n) is 10.6. The molecule has 4 heteroatoms. The average molecular weight is 235 g/mol. The molecule has 4 nitrogen and oxygen atoms in total. The molecular formula is C13H21N3O. The highest BCUT2D eigenvalue weighted by atomic mass is 16.2. The molecule has 1 amide bonds. The summed E-state index contributed by atoms with van der Waals surface area (Å²) in [6.45, 7) is 5.02. The van der Waals surface area contributed by atoms with Crippen molar-refractivity contribution < 1.29 is 4.79 Å². The third kappa shape index (κ3) is 4.53. The van der Waals surface area contributed by atoms with Crippen molar-refractivity contribution in [3.05, 3.63) is 30.1 Å². The molecule has 17 heavy (non-hydrogen) atoms. The standard InChI is InChI=1S/C13H21N3O/c1-13(2,6-7-14)12(17)16-10-5-11-3-8-15-9-4-11/h3-4,8-9H,5-7,10,14H2,1-2H3,(H,16,17). The summed E-state index contributed by atoms with van der Waals surface area (Å²) in [4.78, 5) is 15.8. The number of aromatic nitrogens is 1. The summed E-state index contributed by atoms with van der Waals surface area (Å²) in [6, 6.07) is 3.91. The van der Waals surface area contributed by atoms with E-state index in [1.807, 2.05) is 26.0 Å². The van der Waals surface area contributed by atoms with E-state index < -0.39 is 0 Å². The van der Waals surface area contributed by atoms with Gasteiger partial charge < -0.3 is 11.1 Å². The molecular weight excluding hydrogens is 214 g/mol. The molecule has 0 unspecified atom stereocenters. The third-order valence-corrected chi connectivity index (χ3v) is 2.83. The summed E-state index contributed by atoms with van der Waals surface area (Å²) in [7, 11) is 0. The van der Waals surface area contributed by atoms with Gasteiger partial charge in [-0.1, -0.05) is 13.8 Å². The predicted molar refractivity (Wildman–Crippen MR) is 68.4 cm³/mol. The minimum absolute atomic E-state index is 0.0667. The first kappa shape index (κ1) is 13.6. The van der Waals surface area contributed by atoms with Crippen LogP contribution in [0.25, 0.3) is 0 Å². The molecule has 0 aromatic carbocycles. The van der Waals surface area contributed by atoms with Gasteiger partial charge in [-0.25, -0.2) is 0 Å². The van der Waals surface area contributed by atoms with E-state index in [-0.39, 0.29) is 11.3 Å². The molecule has 0 atom stereocenters.